The van der Waals surface area contributed by atoms with Gasteiger partial charge in [-0.2, -0.15) is 0 Å². The summed E-state index contributed by atoms with van der Waals surface area (Å²) in [5.41, 5.74) is -0.165. The standard InChI is InChI=1S/C7H7ClO5S2/c1-3-4(6(9)10)5(13-2)7(14-3)15(8,11)12/h1-2H3,(H,9,10). The van der Waals surface area contributed by atoms with E-state index in [1.54, 1.807) is 0 Å². The van der Waals surface area contributed by atoms with Gasteiger partial charge < -0.3 is 9.84 Å². The molecule has 0 amide bonds. The Bertz CT molecular complexity index is 502. The molecule has 0 bridgehead atoms. The number of carboxylic acids is 1. The minimum Gasteiger partial charge on any atom is -0.494 e. The summed E-state index contributed by atoms with van der Waals surface area (Å²) in [4.78, 5) is 11.2. The second-order valence-electron chi connectivity index (χ2n) is 2.60. The van der Waals surface area contributed by atoms with E-state index in [9.17, 15) is 13.2 Å². The van der Waals surface area contributed by atoms with Crippen molar-refractivity contribution in [3.8, 4) is 5.75 Å². The molecule has 0 saturated heterocycles. The van der Waals surface area contributed by atoms with Crippen molar-refractivity contribution >= 4 is 37.0 Å². The average molecular weight is 271 g/mol. The van der Waals surface area contributed by atoms with E-state index in [-0.39, 0.29) is 15.5 Å². The summed E-state index contributed by atoms with van der Waals surface area (Å²) in [7, 11) is 2.36. The number of aromatic carboxylic acids is 1. The van der Waals surface area contributed by atoms with Crippen LogP contribution in [-0.2, 0) is 9.05 Å². The number of hydrogen-bond donors (Lipinski definition) is 1. The van der Waals surface area contributed by atoms with E-state index in [0.29, 0.717) is 4.88 Å². The lowest BCUT2D eigenvalue weighted by atomic mass is 10.2. The van der Waals surface area contributed by atoms with E-state index in [1.807, 2.05) is 0 Å². The molecule has 0 saturated carbocycles. The lowest BCUT2D eigenvalue weighted by molar-refractivity contribution is 0.0693. The van der Waals surface area contributed by atoms with Crippen LogP contribution in [0.5, 0.6) is 5.75 Å². The quantitative estimate of drug-likeness (QED) is 0.846. The highest BCUT2D eigenvalue weighted by Crippen LogP contribution is 2.39. The number of thiophene rings is 1. The van der Waals surface area contributed by atoms with Gasteiger partial charge in [0.05, 0.1) is 7.11 Å². The van der Waals surface area contributed by atoms with E-state index in [4.69, 9.17) is 20.5 Å². The van der Waals surface area contributed by atoms with Crippen LogP contribution >= 0.6 is 22.0 Å². The fourth-order valence-electron chi connectivity index (χ4n) is 1.09. The van der Waals surface area contributed by atoms with Crippen LogP contribution in [0.15, 0.2) is 4.21 Å². The number of rotatable bonds is 3. The molecule has 0 unspecified atom stereocenters. The number of methoxy groups -OCH3 is 1. The van der Waals surface area contributed by atoms with Gasteiger partial charge in [0.15, 0.2) is 9.96 Å². The number of aryl methyl sites for hydroxylation is 1. The van der Waals surface area contributed by atoms with E-state index in [0.717, 1.165) is 11.3 Å². The molecule has 84 valence electrons. The fraction of sp³-hybridized carbons (Fsp3) is 0.286. The van der Waals surface area contributed by atoms with Crippen LogP contribution in [0, 0.1) is 6.92 Å². The highest BCUT2D eigenvalue weighted by atomic mass is 35.7. The summed E-state index contributed by atoms with van der Waals surface area (Å²) < 4.78 is 26.7. The molecule has 1 rings (SSSR count). The Morgan fingerprint density at radius 3 is 2.40 bits per heavy atom. The molecule has 0 aromatic carbocycles. The number of halogens is 1. The van der Waals surface area contributed by atoms with Crippen molar-refractivity contribution < 1.29 is 23.1 Å². The molecule has 1 aromatic heterocycles. The maximum absolute atomic E-state index is 11.1. The SMILES string of the molecule is COc1c(S(=O)(=O)Cl)sc(C)c1C(=O)O. The monoisotopic (exact) mass is 270 g/mol. The number of carbonyl (C=O) groups is 1. The molecule has 0 spiro atoms. The molecular formula is C7H7ClO5S2. The van der Waals surface area contributed by atoms with Gasteiger partial charge in [0.2, 0.25) is 0 Å². The third-order valence-corrected chi connectivity index (χ3v) is 4.80. The largest absolute Gasteiger partial charge is 0.494 e. The third kappa shape index (κ3) is 2.24. The highest BCUT2D eigenvalue weighted by Gasteiger charge is 2.28. The topological polar surface area (TPSA) is 80.7 Å². The van der Waals surface area contributed by atoms with Crippen LogP contribution in [-0.4, -0.2) is 26.6 Å². The molecule has 0 fully saturated rings. The van der Waals surface area contributed by atoms with Gasteiger partial charge in [-0.25, -0.2) is 13.2 Å². The van der Waals surface area contributed by atoms with Crippen molar-refractivity contribution in [1.82, 2.24) is 0 Å². The van der Waals surface area contributed by atoms with Crippen molar-refractivity contribution in [2.75, 3.05) is 7.11 Å². The van der Waals surface area contributed by atoms with Crippen molar-refractivity contribution in [2.45, 2.75) is 11.1 Å². The van der Waals surface area contributed by atoms with Crippen LogP contribution < -0.4 is 4.74 Å². The smallest absolute Gasteiger partial charge is 0.340 e. The summed E-state index contributed by atoms with van der Waals surface area (Å²) in [6.45, 7) is 1.49. The molecule has 8 heteroatoms. The fourth-order valence-corrected chi connectivity index (χ4v) is 3.60. The Morgan fingerprint density at radius 2 is 2.07 bits per heavy atom. The van der Waals surface area contributed by atoms with E-state index < -0.39 is 15.0 Å². The number of ether oxygens (including phenoxy) is 1. The second-order valence-corrected chi connectivity index (χ2v) is 6.58. The maximum atomic E-state index is 11.1. The molecule has 1 heterocycles. The minimum absolute atomic E-state index is 0.165. The zero-order chi connectivity index (χ0) is 11.8. The number of hydrogen-bond acceptors (Lipinski definition) is 5. The predicted octanol–water partition coefficient (Wildman–Crippen LogP) is 1.69. The lowest BCUT2D eigenvalue weighted by Crippen LogP contribution is -2.00. The van der Waals surface area contributed by atoms with Crippen LogP contribution in [0.25, 0.3) is 0 Å². The Hall–Kier alpha value is -0.790. The molecule has 0 aliphatic rings. The summed E-state index contributed by atoms with van der Waals surface area (Å²) in [6, 6.07) is 0. The molecule has 0 radical (unpaired) electrons. The summed E-state index contributed by atoms with van der Waals surface area (Å²) >= 11 is 0.775. The lowest BCUT2D eigenvalue weighted by Gasteiger charge is -2.00. The number of carboxylic acid groups (broad SMARTS) is 1. The van der Waals surface area contributed by atoms with Gasteiger partial charge in [-0.3, -0.25) is 0 Å². The second kappa shape index (κ2) is 3.99. The van der Waals surface area contributed by atoms with Gasteiger partial charge in [-0.05, 0) is 6.92 Å². The first-order chi connectivity index (χ1) is 6.79. The van der Waals surface area contributed by atoms with Gasteiger partial charge >= 0.3 is 5.97 Å². The van der Waals surface area contributed by atoms with E-state index in [2.05, 4.69) is 0 Å². The van der Waals surface area contributed by atoms with Crippen molar-refractivity contribution in [3.05, 3.63) is 10.4 Å². The van der Waals surface area contributed by atoms with Gasteiger partial charge in [-0.1, -0.05) is 0 Å². The molecule has 5 nitrogen and oxygen atoms in total. The first-order valence-corrected chi connectivity index (χ1v) is 6.77. The zero-order valence-corrected chi connectivity index (χ0v) is 10.2. The van der Waals surface area contributed by atoms with Gasteiger partial charge in [0.25, 0.3) is 9.05 Å². The Balaban J connectivity index is 3.59. The Labute approximate surface area is 94.7 Å². The summed E-state index contributed by atoms with van der Waals surface area (Å²) in [5, 5.41) is 8.85. The molecule has 15 heavy (non-hydrogen) atoms. The molecule has 0 aliphatic heterocycles. The Kier molecular flexibility index (Phi) is 3.27. The predicted molar refractivity (Wildman–Crippen MR) is 55.6 cm³/mol. The summed E-state index contributed by atoms with van der Waals surface area (Å²) in [5.74, 6) is -1.45. The molecule has 1 N–H and O–H groups in total. The minimum atomic E-state index is -3.98. The molecule has 0 aliphatic carbocycles. The van der Waals surface area contributed by atoms with Crippen molar-refractivity contribution in [3.63, 3.8) is 0 Å². The highest BCUT2D eigenvalue weighted by molar-refractivity contribution is 8.15. The van der Waals surface area contributed by atoms with Crippen LogP contribution in [0.4, 0.5) is 0 Å². The summed E-state index contributed by atoms with van der Waals surface area (Å²) in [6.07, 6.45) is 0. The van der Waals surface area contributed by atoms with Crippen molar-refractivity contribution in [1.29, 1.82) is 0 Å². The van der Waals surface area contributed by atoms with Crippen LogP contribution in [0.2, 0.25) is 0 Å². The van der Waals surface area contributed by atoms with Crippen LogP contribution in [0.3, 0.4) is 0 Å². The van der Waals surface area contributed by atoms with Crippen molar-refractivity contribution in [2.24, 2.45) is 0 Å². The molecule has 0 atom stereocenters. The molecular weight excluding hydrogens is 264 g/mol. The van der Waals surface area contributed by atoms with Gasteiger partial charge in [-0.15, -0.1) is 11.3 Å². The van der Waals surface area contributed by atoms with E-state index >= 15 is 0 Å². The van der Waals surface area contributed by atoms with E-state index in [1.165, 1.54) is 14.0 Å². The average Bonchev–Trinajstić information content (AvgIpc) is 2.41. The van der Waals surface area contributed by atoms with Gasteiger partial charge in [0.1, 0.15) is 5.56 Å². The Morgan fingerprint density at radius 1 is 1.53 bits per heavy atom. The molecule has 1 aromatic rings. The first kappa shape index (κ1) is 12.3. The normalized spacial score (nSPS) is 11.4. The first-order valence-electron chi connectivity index (χ1n) is 3.64. The zero-order valence-electron chi connectivity index (χ0n) is 7.77. The van der Waals surface area contributed by atoms with Gasteiger partial charge in [0, 0.05) is 15.6 Å². The maximum Gasteiger partial charge on any atom is 0.340 e. The van der Waals surface area contributed by atoms with Crippen LogP contribution in [0.1, 0.15) is 15.2 Å². The third-order valence-electron chi connectivity index (χ3n) is 1.65.